The molecule has 0 fully saturated rings. The topological polar surface area (TPSA) is 113 Å². The van der Waals surface area contributed by atoms with Gasteiger partial charge in [-0.05, 0) is 32.7 Å². The summed E-state index contributed by atoms with van der Waals surface area (Å²) in [6.45, 7) is 0. The predicted molar refractivity (Wildman–Crippen MR) is 149 cm³/mol. The highest BCUT2D eigenvalue weighted by atomic mass is 35.5. The molecule has 0 aliphatic carbocycles. The molecule has 0 atom stereocenters. The highest BCUT2D eigenvalue weighted by molar-refractivity contribution is 6.33. The fraction of sp³-hybridized carbons (Fsp3) is 0. The number of benzene rings is 4. The third kappa shape index (κ3) is 4.14. The molecule has 9 heteroatoms. The SMILES string of the molecule is Nc1nc(Oc2nc(N)c(-c3cccc4ccccc34)c(Cl)n2)nc(Cl)c1-c1cccc2ccccc12. The molecular weight excluding hydrogens is 507 g/mol. The van der Waals surface area contributed by atoms with Crippen LogP contribution in [0.4, 0.5) is 11.6 Å². The Bertz CT molecular complexity index is 1640. The van der Waals surface area contributed by atoms with Crippen LogP contribution >= 0.6 is 23.2 Å². The minimum absolute atomic E-state index is 0.125. The van der Waals surface area contributed by atoms with E-state index in [1.54, 1.807) is 0 Å². The van der Waals surface area contributed by atoms with E-state index >= 15 is 0 Å². The second-order valence-electron chi connectivity index (χ2n) is 8.27. The lowest BCUT2D eigenvalue weighted by Crippen LogP contribution is -2.05. The van der Waals surface area contributed by atoms with E-state index in [2.05, 4.69) is 19.9 Å². The van der Waals surface area contributed by atoms with Gasteiger partial charge in [-0.1, -0.05) is 108 Å². The third-order valence-electron chi connectivity index (χ3n) is 6.05. The zero-order chi connectivity index (χ0) is 25.5. The molecule has 2 heterocycles. The first kappa shape index (κ1) is 23.0. The van der Waals surface area contributed by atoms with Gasteiger partial charge in [0.1, 0.15) is 21.9 Å². The monoisotopic (exact) mass is 524 g/mol. The van der Waals surface area contributed by atoms with Gasteiger partial charge in [0, 0.05) is 0 Å². The number of hydrogen-bond donors (Lipinski definition) is 2. The average molecular weight is 525 g/mol. The Hall–Kier alpha value is -4.46. The molecular formula is C28H18Cl2N6O. The molecule has 4 aromatic carbocycles. The summed E-state index contributed by atoms with van der Waals surface area (Å²) in [5.74, 6) is 0.301. The molecule has 0 saturated heterocycles. The van der Waals surface area contributed by atoms with Crippen molar-refractivity contribution in [3.05, 3.63) is 95.2 Å². The summed E-state index contributed by atoms with van der Waals surface area (Å²) in [5.41, 5.74) is 15.3. The Balaban J connectivity index is 1.37. The third-order valence-corrected chi connectivity index (χ3v) is 6.59. The van der Waals surface area contributed by atoms with Crippen molar-refractivity contribution in [2.45, 2.75) is 0 Å². The summed E-state index contributed by atoms with van der Waals surface area (Å²) in [6, 6.07) is 27.3. The van der Waals surface area contributed by atoms with E-state index in [-0.39, 0.29) is 34.0 Å². The second-order valence-corrected chi connectivity index (χ2v) is 8.99. The molecule has 37 heavy (non-hydrogen) atoms. The van der Waals surface area contributed by atoms with Crippen LogP contribution in [0.5, 0.6) is 12.0 Å². The zero-order valence-corrected chi connectivity index (χ0v) is 20.7. The predicted octanol–water partition coefficient (Wildman–Crippen LogP) is 7.17. The van der Waals surface area contributed by atoms with E-state index in [0.29, 0.717) is 11.1 Å². The number of nitrogens with two attached hydrogens (primary N) is 2. The highest BCUT2D eigenvalue weighted by Crippen LogP contribution is 2.39. The van der Waals surface area contributed by atoms with E-state index in [9.17, 15) is 0 Å². The summed E-state index contributed by atoms with van der Waals surface area (Å²) >= 11 is 13.1. The lowest BCUT2D eigenvalue weighted by Gasteiger charge is -2.13. The molecule has 0 saturated carbocycles. The quantitative estimate of drug-likeness (QED) is 0.235. The number of halogens is 2. The zero-order valence-electron chi connectivity index (χ0n) is 19.2. The molecule has 180 valence electrons. The summed E-state index contributed by atoms with van der Waals surface area (Å²) in [4.78, 5) is 17.1. The number of rotatable bonds is 4. The molecule has 6 rings (SSSR count). The Morgan fingerprint density at radius 1 is 0.514 bits per heavy atom. The molecule has 2 aromatic heterocycles. The summed E-state index contributed by atoms with van der Waals surface area (Å²) < 4.78 is 5.69. The first-order chi connectivity index (χ1) is 18.0. The average Bonchev–Trinajstić information content (AvgIpc) is 2.88. The number of aromatic nitrogens is 4. The van der Waals surface area contributed by atoms with E-state index in [1.165, 1.54) is 0 Å². The van der Waals surface area contributed by atoms with Crippen LogP contribution in [-0.4, -0.2) is 19.9 Å². The Labute approximate surface area is 221 Å². The van der Waals surface area contributed by atoms with Gasteiger partial charge in [-0.15, -0.1) is 0 Å². The number of hydrogen-bond acceptors (Lipinski definition) is 7. The van der Waals surface area contributed by atoms with Gasteiger partial charge in [0.15, 0.2) is 0 Å². The lowest BCUT2D eigenvalue weighted by atomic mass is 10.00. The first-order valence-electron chi connectivity index (χ1n) is 11.3. The maximum absolute atomic E-state index is 6.56. The van der Waals surface area contributed by atoms with E-state index < -0.39 is 0 Å². The standard InChI is InChI=1S/C28H18Cl2N6O/c29-23-21(19-13-5-9-15-7-1-3-11-17(15)19)25(31)35-27(33-23)37-28-34-24(30)22(26(32)36-28)20-14-6-10-16-8-2-4-12-18(16)20/h1-14H,(H2,31,33,35)(H2,32,34,36). The molecule has 0 aliphatic rings. The van der Waals surface area contributed by atoms with Gasteiger partial charge < -0.3 is 16.2 Å². The van der Waals surface area contributed by atoms with E-state index in [1.807, 2.05) is 84.9 Å². The molecule has 6 aromatic rings. The summed E-state index contributed by atoms with van der Waals surface area (Å²) in [5, 5.41) is 4.29. The maximum atomic E-state index is 6.56. The minimum Gasteiger partial charge on any atom is -0.388 e. The number of fused-ring (bicyclic) bond motifs is 2. The van der Waals surface area contributed by atoms with Gasteiger partial charge in [0.05, 0.1) is 11.1 Å². The lowest BCUT2D eigenvalue weighted by molar-refractivity contribution is 0.409. The summed E-state index contributed by atoms with van der Waals surface area (Å²) in [7, 11) is 0. The van der Waals surface area contributed by atoms with Crippen LogP contribution in [0.15, 0.2) is 84.9 Å². The Kier molecular flexibility index (Phi) is 5.71. The summed E-state index contributed by atoms with van der Waals surface area (Å²) in [6.07, 6.45) is 0. The van der Waals surface area contributed by atoms with Crippen molar-refractivity contribution in [3.8, 4) is 34.3 Å². The number of nitrogens with zero attached hydrogens (tertiary/aromatic N) is 4. The fourth-order valence-electron chi connectivity index (χ4n) is 4.42. The first-order valence-corrected chi connectivity index (χ1v) is 12.1. The van der Waals surface area contributed by atoms with Gasteiger partial charge in [-0.3, -0.25) is 0 Å². The van der Waals surface area contributed by atoms with Crippen molar-refractivity contribution in [2.75, 3.05) is 11.5 Å². The largest absolute Gasteiger partial charge is 0.388 e. The van der Waals surface area contributed by atoms with Gasteiger partial charge >= 0.3 is 12.0 Å². The van der Waals surface area contributed by atoms with Crippen LogP contribution in [0.25, 0.3) is 43.8 Å². The minimum atomic E-state index is -0.125. The number of nitrogen functional groups attached to an aromatic ring is 2. The fourth-order valence-corrected chi connectivity index (χ4v) is 4.96. The van der Waals surface area contributed by atoms with Crippen molar-refractivity contribution >= 4 is 56.4 Å². The molecule has 0 aliphatic heterocycles. The van der Waals surface area contributed by atoms with Crippen molar-refractivity contribution in [3.63, 3.8) is 0 Å². The molecule has 4 N–H and O–H groups in total. The van der Waals surface area contributed by atoms with Crippen LogP contribution in [0.2, 0.25) is 10.3 Å². The maximum Gasteiger partial charge on any atom is 0.327 e. The van der Waals surface area contributed by atoms with Crippen LogP contribution in [0.1, 0.15) is 0 Å². The van der Waals surface area contributed by atoms with Crippen molar-refractivity contribution in [1.82, 2.24) is 19.9 Å². The van der Waals surface area contributed by atoms with Crippen LogP contribution in [0, 0.1) is 0 Å². The molecule has 0 radical (unpaired) electrons. The van der Waals surface area contributed by atoms with Crippen molar-refractivity contribution in [2.24, 2.45) is 0 Å². The van der Waals surface area contributed by atoms with Gasteiger partial charge in [-0.2, -0.15) is 19.9 Å². The van der Waals surface area contributed by atoms with Crippen molar-refractivity contribution < 1.29 is 4.74 Å². The van der Waals surface area contributed by atoms with Crippen LogP contribution < -0.4 is 16.2 Å². The molecule has 0 unspecified atom stereocenters. The normalized spacial score (nSPS) is 11.2. The van der Waals surface area contributed by atoms with Crippen LogP contribution in [0.3, 0.4) is 0 Å². The van der Waals surface area contributed by atoms with E-state index in [0.717, 1.165) is 32.7 Å². The Morgan fingerprint density at radius 2 is 0.919 bits per heavy atom. The van der Waals surface area contributed by atoms with Crippen molar-refractivity contribution in [1.29, 1.82) is 0 Å². The molecule has 0 amide bonds. The van der Waals surface area contributed by atoms with E-state index in [4.69, 9.17) is 39.4 Å². The van der Waals surface area contributed by atoms with Gasteiger partial charge in [-0.25, -0.2) is 0 Å². The second kappa shape index (κ2) is 9.20. The van der Waals surface area contributed by atoms with Gasteiger partial charge in [0.2, 0.25) is 0 Å². The molecule has 7 nitrogen and oxygen atoms in total. The van der Waals surface area contributed by atoms with Gasteiger partial charge in [0.25, 0.3) is 0 Å². The Morgan fingerprint density at radius 3 is 1.35 bits per heavy atom. The van der Waals surface area contributed by atoms with Crippen LogP contribution in [-0.2, 0) is 0 Å². The number of anilines is 2. The smallest absolute Gasteiger partial charge is 0.327 e. The molecule has 0 spiro atoms. The number of ether oxygens (including phenoxy) is 1. The molecule has 0 bridgehead atoms. The highest BCUT2D eigenvalue weighted by Gasteiger charge is 2.20.